The maximum Gasteiger partial charge on any atom is 0.164 e. The summed E-state index contributed by atoms with van der Waals surface area (Å²) >= 11 is 0. The molecule has 0 unspecified atom stereocenters. The van der Waals surface area contributed by atoms with Crippen molar-refractivity contribution in [3.05, 3.63) is 140 Å². The Hall–Kier alpha value is -5.87. The number of fused-ring (bicyclic) bond motifs is 8. The van der Waals surface area contributed by atoms with Gasteiger partial charge in [0.15, 0.2) is 17.5 Å². The van der Waals surface area contributed by atoms with Gasteiger partial charge < -0.3 is 4.42 Å². The molecule has 0 aliphatic rings. The second kappa shape index (κ2) is 9.33. The number of para-hydroxylation sites is 1. The lowest BCUT2D eigenvalue weighted by molar-refractivity contribution is 0.669. The van der Waals surface area contributed by atoms with Crippen molar-refractivity contribution < 1.29 is 4.42 Å². The van der Waals surface area contributed by atoms with Gasteiger partial charge in [-0.2, -0.15) is 0 Å². The highest BCUT2D eigenvalue weighted by atomic mass is 16.3. The first kappa shape index (κ1) is 23.8. The van der Waals surface area contributed by atoms with Crippen LogP contribution >= 0.6 is 0 Å². The lowest BCUT2D eigenvalue weighted by atomic mass is 9.94. The Balaban J connectivity index is 1.33. The molecule has 4 nitrogen and oxygen atoms in total. The molecule has 0 fully saturated rings. The van der Waals surface area contributed by atoms with Gasteiger partial charge in [0.2, 0.25) is 0 Å². The van der Waals surface area contributed by atoms with Crippen LogP contribution in [0.2, 0.25) is 0 Å². The van der Waals surface area contributed by atoms with E-state index in [2.05, 4.69) is 78.9 Å². The van der Waals surface area contributed by atoms with Crippen LogP contribution in [0.4, 0.5) is 0 Å². The molecule has 4 heteroatoms. The van der Waals surface area contributed by atoms with E-state index in [4.69, 9.17) is 19.4 Å². The van der Waals surface area contributed by atoms with Gasteiger partial charge in [-0.3, -0.25) is 0 Å². The SMILES string of the molecule is c1ccc(-c2nc(-c3ccc4oc5ccccc5c4c3)nc(-c3cccc4ccc5c6ccccc6ccc5c34)n2)cc1. The summed E-state index contributed by atoms with van der Waals surface area (Å²) < 4.78 is 6.10. The van der Waals surface area contributed by atoms with Crippen molar-refractivity contribution in [1.29, 1.82) is 0 Å². The van der Waals surface area contributed by atoms with Gasteiger partial charge in [-0.05, 0) is 51.2 Å². The maximum absolute atomic E-state index is 6.10. The molecule has 0 aliphatic carbocycles. The minimum absolute atomic E-state index is 0.624. The van der Waals surface area contributed by atoms with Gasteiger partial charge in [0.1, 0.15) is 11.2 Å². The van der Waals surface area contributed by atoms with E-state index in [1.807, 2.05) is 60.7 Å². The minimum atomic E-state index is 0.624. The van der Waals surface area contributed by atoms with E-state index in [9.17, 15) is 0 Å². The van der Waals surface area contributed by atoms with E-state index >= 15 is 0 Å². The minimum Gasteiger partial charge on any atom is -0.456 e. The summed E-state index contributed by atoms with van der Waals surface area (Å²) in [6, 6.07) is 48.1. The lowest BCUT2D eigenvalue weighted by Crippen LogP contribution is -2.00. The van der Waals surface area contributed by atoms with E-state index in [1.165, 1.54) is 21.5 Å². The van der Waals surface area contributed by atoms with Crippen LogP contribution in [-0.4, -0.2) is 15.0 Å². The molecular weight excluding hydrogens is 526 g/mol. The molecule has 0 saturated heterocycles. The van der Waals surface area contributed by atoms with Gasteiger partial charge in [0, 0.05) is 32.8 Å². The second-order valence-corrected chi connectivity index (χ2v) is 10.8. The van der Waals surface area contributed by atoms with Crippen molar-refractivity contribution >= 4 is 54.3 Å². The van der Waals surface area contributed by atoms with Crippen LogP contribution < -0.4 is 0 Å². The molecule has 9 aromatic rings. The molecule has 9 rings (SSSR count). The number of rotatable bonds is 3. The van der Waals surface area contributed by atoms with E-state index < -0.39 is 0 Å². The molecule has 0 amide bonds. The normalized spacial score (nSPS) is 11.7. The van der Waals surface area contributed by atoms with Crippen molar-refractivity contribution in [3.8, 4) is 34.2 Å². The fourth-order valence-electron chi connectivity index (χ4n) is 6.27. The topological polar surface area (TPSA) is 51.8 Å². The molecule has 0 radical (unpaired) electrons. The Morgan fingerprint density at radius 3 is 1.95 bits per heavy atom. The lowest BCUT2D eigenvalue weighted by Gasteiger charge is -2.13. The zero-order chi connectivity index (χ0) is 28.3. The Kier molecular flexibility index (Phi) is 5.16. The van der Waals surface area contributed by atoms with Crippen molar-refractivity contribution in [2.75, 3.05) is 0 Å². The number of furan rings is 1. The predicted molar refractivity (Wildman–Crippen MR) is 176 cm³/mol. The Morgan fingerprint density at radius 1 is 0.372 bits per heavy atom. The fourth-order valence-corrected chi connectivity index (χ4v) is 6.27. The van der Waals surface area contributed by atoms with E-state index in [0.717, 1.165) is 49.4 Å². The van der Waals surface area contributed by atoms with Crippen LogP contribution in [0.25, 0.3) is 88.4 Å². The fraction of sp³-hybridized carbons (Fsp3) is 0. The molecular formula is C39H23N3O. The molecule has 2 heterocycles. The predicted octanol–water partition coefficient (Wildman–Crippen LogP) is 10.2. The average Bonchev–Trinajstić information content (AvgIpc) is 3.46. The van der Waals surface area contributed by atoms with Crippen LogP contribution in [-0.2, 0) is 0 Å². The average molecular weight is 550 g/mol. The molecule has 0 saturated carbocycles. The zero-order valence-electron chi connectivity index (χ0n) is 23.0. The van der Waals surface area contributed by atoms with Crippen LogP contribution in [0.3, 0.4) is 0 Å². The molecule has 2 aromatic heterocycles. The molecule has 0 atom stereocenters. The summed E-state index contributed by atoms with van der Waals surface area (Å²) in [5.74, 6) is 1.91. The van der Waals surface area contributed by atoms with Gasteiger partial charge >= 0.3 is 0 Å². The van der Waals surface area contributed by atoms with Crippen LogP contribution in [0, 0.1) is 0 Å². The van der Waals surface area contributed by atoms with Crippen molar-refractivity contribution in [1.82, 2.24) is 15.0 Å². The first-order chi connectivity index (χ1) is 21.3. The van der Waals surface area contributed by atoms with E-state index in [0.29, 0.717) is 17.5 Å². The number of benzene rings is 7. The van der Waals surface area contributed by atoms with Crippen molar-refractivity contribution in [2.24, 2.45) is 0 Å². The van der Waals surface area contributed by atoms with Gasteiger partial charge in [0.25, 0.3) is 0 Å². The first-order valence-corrected chi connectivity index (χ1v) is 14.4. The molecule has 0 aliphatic heterocycles. The van der Waals surface area contributed by atoms with Gasteiger partial charge in [-0.25, -0.2) is 15.0 Å². The highest BCUT2D eigenvalue weighted by molar-refractivity contribution is 6.20. The summed E-state index contributed by atoms with van der Waals surface area (Å²) in [4.78, 5) is 15.2. The molecule has 7 aromatic carbocycles. The van der Waals surface area contributed by atoms with E-state index in [1.54, 1.807) is 0 Å². The van der Waals surface area contributed by atoms with Crippen LogP contribution in [0.15, 0.2) is 144 Å². The summed E-state index contributed by atoms with van der Waals surface area (Å²) in [5.41, 5.74) is 4.55. The third-order valence-corrected chi connectivity index (χ3v) is 8.31. The van der Waals surface area contributed by atoms with Crippen molar-refractivity contribution in [3.63, 3.8) is 0 Å². The third kappa shape index (κ3) is 3.81. The number of hydrogen-bond donors (Lipinski definition) is 0. The summed E-state index contributed by atoms with van der Waals surface area (Å²) in [6.45, 7) is 0. The second-order valence-electron chi connectivity index (χ2n) is 10.8. The van der Waals surface area contributed by atoms with Crippen LogP contribution in [0.5, 0.6) is 0 Å². The van der Waals surface area contributed by atoms with Crippen LogP contribution in [0.1, 0.15) is 0 Å². The number of hydrogen-bond acceptors (Lipinski definition) is 4. The molecule has 0 bridgehead atoms. The standard InChI is InChI=1S/C39H23N3O/c1-2-10-26(11-3-1)37-40-38(27-19-22-35-33(23-27)30-14-6-7-16-34(30)43-35)42-39(41-37)32-15-8-12-25-18-20-29-28-13-5-4-9-24(28)17-21-31(29)36(25)32/h1-23H. The third-order valence-electron chi connectivity index (χ3n) is 8.31. The van der Waals surface area contributed by atoms with Gasteiger partial charge in [-0.15, -0.1) is 0 Å². The first-order valence-electron chi connectivity index (χ1n) is 14.4. The Morgan fingerprint density at radius 2 is 1.05 bits per heavy atom. The maximum atomic E-state index is 6.10. The molecule has 200 valence electrons. The summed E-state index contributed by atoms with van der Waals surface area (Å²) in [6.07, 6.45) is 0. The highest BCUT2D eigenvalue weighted by Gasteiger charge is 2.17. The Labute approximate surface area is 246 Å². The zero-order valence-corrected chi connectivity index (χ0v) is 23.0. The molecule has 0 spiro atoms. The number of aromatic nitrogens is 3. The van der Waals surface area contributed by atoms with E-state index in [-0.39, 0.29) is 0 Å². The van der Waals surface area contributed by atoms with Gasteiger partial charge in [-0.1, -0.05) is 115 Å². The Bertz CT molecular complexity index is 2510. The molecule has 43 heavy (non-hydrogen) atoms. The quantitative estimate of drug-likeness (QED) is 0.206. The summed E-state index contributed by atoms with van der Waals surface area (Å²) in [7, 11) is 0. The molecule has 0 N–H and O–H groups in total. The highest BCUT2D eigenvalue weighted by Crippen LogP contribution is 2.38. The monoisotopic (exact) mass is 549 g/mol. The summed E-state index contributed by atoms with van der Waals surface area (Å²) in [5, 5.41) is 9.26. The number of nitrogens with zero attached hydrogens (tertiary/aromatic N) is 3. The largest absolute Gasteiger partial charge is 0.456 e. The van der Waals surface area contributed by atoms with Gasteiger partial charge in [0.05, 0.1) is 0 Å². The van der Waals surface area contributed by atoms with Crippen molar-refractivity contribution in [2.45, 2.75) is 0 Å². The smallest absolute Gasteiger partial charge is 0.164 e.